The van der Waals surface area contributed by atoms with Crippen LogP contribution >= 0.6 is 15.9 Å². The highest BCUT2D eigenvalue weighted by atomic mass is 79.9. The van der Waals surface area contributed by atoms with Crippen molar-refractivity contribution in [3.05, 3.63) is 328 Å². The van der Waals surface area contributed by atoms with Crippen molar-refractivity contribution in [1.29, 1.82) is 0 Å². The Kier molecular flexibility index (Phi) is 35.5. The van der Waals surface area contributed by atoms with Crippen molar-refractivity contribution in [2.45, 2.75) is 69.4 Å². The molecule has 0 saturated heterocycles. The lowest BCUT2D eigenvalue weighted by atomic mass is 10.0. The molecule has 0 radical (unpaired) electrons. The summed E-state index contributed by atoms with van der Waals surface area (Å²) in [5, 5.41) is 11.5. The van der Waals surface area contributed by atoms with Crippen LogP contribution in [0.25, 0.3) is 0 Å². The van der Waals surface area contributed by atoms with Crippen LogP contribution in [-0.4, -0.2) is 174 Å². The number of hydrogen-bond acceptors (Lipinski definition) is 27. The Bertz CT molecular complexity index is 7200. The molecule has 0 aliphatic carbocycles. The summed E-state index contributed by atoms with van der Waals surface area (Å²) in [5.41, 5.74) is 5.20. The zero-order valence-electron chi connectivity index (χ0n) is 76.7. The van der Waals surface area contributed by atoms with Crippen molar-refractivity contribution in [2.24, 2.45) is 0 Å². The third-order valence-corrected chi connectivity index (χ3v) is 27.5. The molecule has 0 unspecified atom stereocenters. The standard InChI is InChI=1S/C25H25N3O7S.C24H22BrN3O6S.C24H21F2N3O6S.C24H22N4O7S.H2O/c1-28(18-11-12-22-23(14-18)35-16-34-22)24(29)21(13-17-7-4-3-5-8-17)26-25(30)27-36(31,32)20-10-6-9-19(15-20)33-2;1-28(18-10-11-21-22(14-18)34-15-33-21)23(29)20(12-16-6-3-2-4-7-16)26-24(30)27-35(31,32)19-9-5-8-17(25)13-19;1-29(17-8-9-20-21(13-17)35-14-34-20)23(30)19(11-15-5-3-2-4-6-15)27-24(31)28-36(32,33)22-10-7-16(25)12-18(22)26;1-28(18-9-12-21-22(14-18)35-15-34-21)23(29)20(13-16-5-3-2-4-6-16)25-24(30)27-36(32,33)19-10-7-17(26-31)8-11-19;/h3-12,14-15,21H,13,16H2,1-2H3,(H2,26,27,30);2-11,13-14,20H,12,15H2,1H3,(H2,26,27,30);2-10,12-13,19H,11,14H2,1H3,(H2,27,28,31);2-12,14,20H,13,15H2,1H3,(H2,25,27,30);1H2/t21-;20-;19-;20-;/m0000./s1. The molecule has 12 amide bonds. The van der Waals surface area contributed by atoms with Gasteiger partial charge in [-0.05, 0) is 125 Å². The quantitative estimate of drug-likeness (QED) is 0.0202. The first-order chi connectivity index (χ1) is 68.4. The number of nitroso groups, excluding NO2 is 1. The monoisotopic (exact) mass is 2120 g/mol. The Balaban J connectivity index is 0.000000171. The van der Waals surface area contributed by atoms with Crippen LogP contribution in [-0.2, 0) is 85.0 Å². The van der Waals surface area contributed by atoms with Crippen molar-refractivity contribution >= 4 is 132 Å². The van der Waals surface area contributed by atoms with Crippen molar-refractivity contribution in [2.75, 3.05) is 82.1 Å². The number of urea groups is 4. The molecule has 0 spiro atoms. The van der Waals surface area contributed by atoms with Crippen molar-refractivity contribution in [3.8, 4) is 51.7 Å². The summed E-state index contributed by atoms with van der Waals surface area (Å²) in [6.45, 7) is 0.329. The van der Waals surface area contributed by atoms with E-state index in [0.717, 1.165) is 22.8 Å². The number of ether oxygens (including phenoxy) is 9. The average Bonchev–Trinajstić information content (AvgIpc) is 1.81. The summed E-state index contributed by atoms with van der Waals surface area (Å²) < 4.78 is 184. The van der Waals surface area contributed by atoms with E-state index in [1.807, 2.05) is 80.9 Å². The first kappa shape index (κ1) is 106. The van der Waals surface area contributed by atoms with E-state index in [-0.39, 0.29) is 78.7 Å². The Labute approximate surface area is 832 Å². The zero-order valence-corrected chi connectivity index (χ0v) is 81.6. The first-order valence-corrected chi connectivity index (χ1v) is 49.6. The fourth-order valence-corrected chi connectivity index (χ4v) is 18.6. The summed E-state index contributed by atoms with van der Waals surface area (Å²) in [6.07, 6.45) is 0.443. The number of fused-ring (bicyclic) bond motifs is 4. The molecule has 0 saturated carbocycles. The number of likely N-dealkylation sites (N-methyl/N-ethyl adjacent to an activating group) is 4. The van der Waals surface area contributed by atoms with Gasteiger partial charge in [-0.25, -0.2) is 80.5 Å². The lowest BCUT2D eigenvalue weighted by Crippen LogP contribution is -2.55. The average molecular weight is 2120 g/mol. The van der Waals surface area contributed by atoms with Gasteiger partial charge in [-0.15, -0.1) is 0 Å². The van der Waals surface area contributed by atoms with Crippen LogP contribution in [0.5, 0.6) is 51.7 Å². The first-order valence-electron chi connectivity index (χ1n) is 42.9. The lowest BCUT2D eigenvalue weighted by Gasteiger charge is -2.25. The second-order valence-corrected chi connectivity index (χ2v) is 39.0. The number of benzene rings is 12. The number of rotatable bonds is 30. The summed E-state index contributed by atoms with van der Waals surface area (Å²) in [5.74, 6) is 0.223. The van der Waals surface area contributed by atoms with Gasteiger partial charge in [0, 0.05) is 140 Å². The number of nitrogens with one attached hydrogen (secondary N) is 9. The Morgan fingerprint density at radius 1 is 0.340 bits per heavy atom. The largest absolute Gasteiger partial charge is 0.870 e. The molecule has 12 aromatic carbocycles. The van der Waals surface area contributed by atoms with Gasteiger partial charge in [0.2, 0.25) is 50.8 Å². The molecular weight excluding hydrogens is 2030 g/mol. The fraction of sp³-hybridized carbons (Fsp3) is 0.175. The van der Waals surface area contributed by atoms with E-state index in [4.69, 9.17) is 42.6 Å². The van der Waals surface area contributed by atoms with E-state index in [1.54, 1.807) is 177 Å². The number of carbonyl (C=O) groups is 8. The summed E-state index contributed by atoms with van der Waals surface area (Å²) in [6, 6.07) is 65.5. The van der Waals surface area contributed by atoms with E-state index in [0.29, 0.717) is 96.7 Å². The van der Waals surface area contributed by atoms with Crippen LogP contribution in [0.3, 0.4) is 0 Å². The minimum Gasteiger partial charge on any atom is -0.870 e. The van der Waals surface area contributed by atoms with Crippen LogP contribution in [0.2, 0.25) is 0 Å². The Hall–Kier alpha value is -16.5. The maximum Gasteiger partial charge on any atom is 0.329 e. The second-order valence-electron chi connectivity index (χ2n) is 31.4. The molecule has 10 N–H and O–H groups in total. The molecule has 4 aliphatic rings. The molecule has 0 fully saturated rings. The van der Waals surface area contributed by atoms with Crippen LogP contribution in [0.15, 0.2) is 309 Å². The highest BCUT2D eigenvalue weighted by molar-refractivity contribution is 9.10. The molecule has 0 bridgehead atoms. The predicted molar refractivity (Wildman–Crippen MR) is 521 cm³/mol. The van der Waals surface area contributed by atoms with Crippen molar-refractivity contribution < 1.29 is 134 Å². The molecule has 12 aromatic rings. The Morgan fingerprint density at radius 2 is 0.632 bits per heavy atom. The van der Waals surface area contributed by atoms with E-state index >= 15 is 0 Å². The molecule has 0 aromatic heterocycles. The lowest BCUT2D eigenvalue weighted by molar-refractivity contribution is -0.379. The molecule has 4 atom stereocenters. The topological polar surface area (TPSA) is 526 Å². The number of hydrogen-bond donors (Lipinski definition) is 9. The highest BCUT2D eigenvalue weighted by Gasteiger charge is 2.36. The van der Waals surface area contributed by atoms with Gasteiger partial charge in [0.25, 0.3) is 45.8 Å². The minimum absolute atomic E-state index is 0. The van der Waals surface area contributed by atoms with Gasteiger partial charge >= 0.3 is 24.1 Å². The SMILES string of the molecule is CN(C(=O)[C@H](Cc1ccccc1)NC(=O)NS(=O)(=O)c1ccc(F)cc1F)c1ccc2c(c1)OCO2.CN(C(=O)[C@H](Cc1ccccc1)NC(=O)NS(=O)(=O)c1ccc([NH+]=O)cc1)c1ccc2c(c1)OCO2.CN(C(=O)[C@H](Cc1ccccc1)NC(=O)NS(=O)(=O)c1cccc(Br)c1)c1ccc2c(c1)OCO2.COc1cccc(S(=O)(=O)NC(=O)N[C@@H](Cc2ccccc2)C(=O)N(C)c2ccc3c(c2)OCO3)c1.[OH-]. The summed E-state index contributed by atoms with van der Waals surface area (Å²) in [4.78, 5) is 119. The second kappa shape index (κ2) is 48.1. The molecule has 752 valence electrons. The number of anilines is 4. The van der Waals surface area contributed by atoms with E-state index < -0.39 is 129 Å². The summed E-state index contributed by atoms with van der Waals surface area (Å²) >= 11 is 3.21. The zero-order chi connectivity index (χ0) is 102. The van der Waals surface area contributed by atoms with Crippen LogP contribution in [0.1, 0.15) is 22.3 Å². The number of carbonyl (C=O) groups excluding carboxylic acids is 8. The maximum atomic E-state index is 14.0. The fourth-order valence-electron chi connectivity index (χ4n) is 14.3. The van der Waals surface area contributed by atoms with Gasteiger partial charge in [-0.3, -0.25) is 19.2 Å². The normalized spacial score (nSPS) is 12.9. The number of halogens is 3. The molecular formula is C97H92BrF2N13O27S4. The predicted octanol–water partition coefficient (Wildman–Crippen LogP) is 10.1. The molecule has 4 aliphatic heterocycles. The number of sulfonamides is 4. The smallest absolute Gasteiger partial charge is 0.329 e. The van der Waals surface area contributed by atoms with Crippen LogP contribution < -0.4 is 108 Å². The van der Waals surface area contributed by atoms with E-state index in [2.05, 4.69) is 37.2 Å². The van der Waals surface area contributed by atoms with Gasteiger partial charge in [-0.2, -0.15) is 0 Å². The van der Waals surface area contributed by atoms with Gasteiger partial charge in [0.15, 0.2) is 46.0 Å². The van der Waals surface area contributed by atoms with Crippen LogP contribution in [0, 0.1) is 16.5 Å². The highest BCUT2D eigenvalue weighted by Crippen LogP contribution is 2.40. The molecule has 16 rings (SSSR count). The van der Waals surface area contributed by atoms with Gasteiger partial charge in [0.1, 0.15) is 46.4 Å². The number of amides is 12. The van der Waals surface area contributed by atoms with Gasteiger partial charge in [-0.1, -0.05) is 149 Å². The van der Waals surface area contributed by atoms with E-state index in [9.17, 15) is 85.7 Å². The van der Waals surface area contributed by atoms with Crippen molar-refractivity contribution in [3.63, 3.8) is 0 Å². The number of nitrogens with zero attached hydrogens (tertiary/aromatic N) is 4. The van der Waals surface area contributed by atoms with Crippen molar-refractivity contribution in [1.82, 2.24) is 40.2 Å². The minimum atomic E-state index is -4.69. The third kappa shape index (κ3) is 28.2. The molecule has 4 heterocycles. The third-order valence-electron chi connectivity index (χ3n) is 21.7. The van der Waals surface area contributed by atoms with Crippen LogP contribution in [0.4, 0.5) is 56.4 Å². The van der Waals surface area contributed by atoms with Gasteiger partial charge in [0.05, 0.1) is 21.8 Å². The Morgan fingerprint density at radius 3 is 0.931 bits per heavy atom. The molecule has 144 heavy (non-hydrogen) atoms. The maximum absolute atomic E-state index is 14.0. The molecule has 47 heteroatoms. The number of methoxy groups -OCH3 is 1. The summed E-state index contributed by atoms with van der Waals surface area (Å²) in [7, 11) is -9.75. The van der Waals surface area contributed by atoms with E-state index in [1.165, 1.54) is 88.4 Å². The molecule has 40 nitrogen and oxygen atoms in total. The van der Waals surface area contributed by atoms with Gasteiger partial charge < -0.3 is 89.0 Å².